The van der Waals surface area contributed by atoms with Gasteiger partial charge in [-0.25, -0.2) is 4.99 Å². The Morgan fingerprint density at radius 3 is 2.55 bits per heavy atom. The molecule has 1 amide bonds. The van der Waals surface area contributed by atoms with Crippen molar-refractivity contribution in [3.8, 4) is 5.69 Å². The molecule has 2 aromatic carbocycles. The van der Waals surface area contributed by atoms with Crippen LogP contribution in [0.5, 0.6) is 0 Å². The molecule has 29 heavy (non-hydrogen) atoms. The van der Waals surface area contributed by atoms with Crippen molar-refractivity contribution < 1.29 is 4.79 Å². The van der Waals surface area contributed by atoms with E-state index >= 15 is 0 Å². The fraction of sp³-hybridized carbons (Fsp3) is 0.130. The van der Waals surface area contributed by atoms with Crippen molar-refractivity contribution in [3.05, 3.63) is 86.5 Å². The van der Waals surface area contributed by atoms with Gasteiger partial charge in [-0.05, 0) is 92.2 Å². The Labute approximate surface area is 182 Å². The number of nitrogens with zero attached hydrogens (tertiary/aromatic N) is 2. The molecule has 4 rings (SSSR count). The van der Waals surface area contributed by atoms with Crippen LogP contribution in [0.3, 0.4) is 0 Å². The molecule has 1 aliphatic heterocycles. The zero-order valence-corrected chi connectivity index (χ0v) is 18.8. The second kappa shape index (κ2) is 8.05. The number of hydrogen-bond donors (Lipinski definition) is 1. The summed E-state index contributed by atoms with van der Waals surface area (Å²) in [5.41, 5.74) is 6.42. The lowest BCUT2D eigenvalue weighted by molar-refractivity contribution is -0.115. The van der Waals surface area contributed by atoms with Crippen LogP contribution in [0.4, 0.5) is 5.69 Å². The lowest BCUT2D eigenvalue weighted by Gasteiger charge is -2.10. The van der Waals surface area contributed by atoms with Crippen molar-refractivity contribution in [2.45, 2.75) is 20.8 Å². The smallest absolute Gasteiger partial charge is 0.264 e. The van der Waals surface area contributed by atoms with Gasteiger partial charge in [0.15, 0.2) is 5.17 Å². The number of benzene rings is 2. The lowest BCUT2D eigenvalue weighted by Crippen LogP contribution is -2.19. The van der Waals surface area contributed by atoms with Crippen LogP contribution in [0.1, 0.15) is 22.5 Å². The monoisotopic (exact) mass is 465 g/mol. The van der Waals surface area contributed by atoms with Crippen LogP contribution >= 0.6 is 27.7 Å². The summed E-state index contributed by atoms with van der Waals surface area (Å²) < 4.78 is 3.21. The number of halogens is 1. The molecule has 6 heteroatoms. The molecule has 0 saturated carbocycles. The van der Waals surface area contributed by atoms with Crippen LogP contribution in [-0.2, 0) is 4.79 Å². The van der Waals surface area contributed by atoms with Crippen molar-refractivity contribution >= 4 is 50.5 Å². The van der Waals surface area contributed by atoms with Gasteiger partial charge in [0.2, 0.25) is 0 Å². The fourth-order valence-corrected chi connectivity index (χ4v) is 4.45. The van der Waals surface area contributed by atoms with E-state index < -0.39 is 0 Å². The maximum Gasteiger partial charge on any atom is 0.264 e. The van der Waals surface area contributed by atoms with Gasteiger partial charge in [-0.3, -0.25) is 4.79 Å². The molecule has 0 atom stereocenters. The normalized spacial score (nSPS) is 16.6. The molecule has 0 bridgehead atoms. The molecular weight excluding hydrogens is 446 g/mol. The number of thioether (sulfide) groups is 1. The number of carbonyl (C=O) groups excluding carboxylic acids is 1. The minimum Gasteiger partial charge on any atom is -0.318 e. The van der Waals surface area contributed by atoms with Crippen molar-refractivity contribution in [1.82, 2.24) is 9.88 Å². The molecular formula is C23H20BrN3OS. The second-order valence-electron chi connectivity index (χ2n) is 6.96. The van der Waals surface area contributed by atoms with Crippen LogP contribution in [-0.4, -0.2) is 15.6 Å². The van der Waals surface area contributed by atoms with Crippen molar-refractivity contribution in [2.24, 2.45) is 4.99 Å². The average Bonchev–Trinajstić information content (AvgIpc) is 3.16. The Morgan fingerprint density at radius 2 is 1.83 bits per heavy atom. The second-order valence-corrected chi connectivity index (χ2v) is 8.91. The molecule has 146 valence electrons. The van der Waals surface area contributed by atoms with Gasteiger partial charge in [-0.15, -0.1) is 0 Å². The van der Waals surface area contributed by atoms with Crippen LogP contribution in [0.2, 0.25) is 0 Å². The number of hydrogen-bond acceptors (Lipinski definition) is 3. The number of amides is 1. The van der Waals surface area contributed by atoms with Gasteiger partial charge in [0.1, 0.15) is 0 Å². The molecule has 2 heterocycles. The fourth-order valence-electron chi connectivity index (χ4n) is 3.35. The largest absolute Gasteiger partial charge is 0.318 e. The zero-order valence-electron chi connectivity index (χ0n) is 16.4. The van der Waals surface area contributed by atoms with Gasteiger partial charge in [-0.2, -0.15) is 0 Å². The summed E-state index contributed by atoms with van der Waals surface area (Å²) in [7, 11) is 0. The number of carbonyl (C=O) groups is 1. The lowest BCUT2D eigenvalue weighted by atomic mass is 10.2. The summed E-state index contributed by atoms with van der Waals surface area (Å²) in [5.74, 6) is -0.119. The predicted octanol–water partition coefficient (Wildman–Crippen LogP) is 6.06. The van der Waals surface area contributed by atoms with E-state index in [4.69, 9.17) is 0 Å². The maximum absolute atomic E-state index is 12.5. The minimum absolute atomic E-state index is 0.119. The molecule has 1 N–H and O–H groups in total. The van der Waals surface area contributed by atoms with Gasteiger partial charge >= 0.3 is 0 Å². The quantitative estimate of drug-likeness (QED) is 0.478. The highest BCUT2D eigenvalue weighted by Gasteiger charge is 2.24. The van der Waals surface area contributed by atoms with Crippen molar-refractivity contribution in [1.29, 1.82) is 0 Å². The summed E-state index contributed by atoms with van der Waals surface area (Å²) in [6.07, 6.45) is 1.94. The van der Waals surface area contributed by atoms with Crippen molar-refractivity contribution in [3.63, 3.8) is 0 Å². The highest BCUT2D eigenvalue weighted by Crippen LogP contribution is 2.31. The third-order valence-corrected chi connectivity index (χ3v) is 6.16. The first kappa shape index (κ1) is 19.7. The van der Waals surface area contributed by atoms with E-state index in [-0.39, 0.29) is 5.91 Å². The van der Waals surface area contributed by atoms with Crippen molar-refractivity contribution in [2.75, 3.05) is 0 Å². The average molecular weight is 466 g/mol. The first-order valence-electron chi connectivity index (χ1n) is 9.22. The number of rotatable bonds is 3. The topological polar surface area (TPSA) is 46.4 Å². The van der Waals surface area contributed by atoms with E-state index in [1.165, 1.54) is 17.3 Å². The highest BCUT2D eigenvalue weighted by molar-refractivity contribution is 9.10. The predicted molar refractivity (Wildman–Crippen MR) is 125 cm³/mol. The number of aliphatic imine (C=N–C) groups is 1. The molecule has 1 fully saturated rings. The molecule has 1 aliphatic rings. The van der Waals surface area contributed by atoms with Gasteiger partial charge in [0.25, 0.3) is 5.91 Å². The highest BCUT2D eigenvalue weighted by atomic mass is 79.9. The molecule has 0 aliphatic carbocycles. The summed E-state index contributed by atoms with van der Waals surface area (Å²) in [6, 6.07) is 18.2. The third kappa shape index (κ3) is 4.23. The SMILES string of the molecule is Cc1cccc(-n2c(C)cc(/C=C3\SC(=Nc4ccc(Br)cc4)NC3=O)c2C)c1. The molecule has 4 nitrogen and oxygen atoms in total. The first-order chi connectivity index (χ1) is 13.9. The third-order valence-electron chi connectivity index (χ3n) is 4.72. The van der Waals surface area contributed by atoms with Gasteiger partial charge in [0.05, 0.1) is 10.6 Å². The molecule has 0 unspecified atom stereocenters. The Bertz CT molecular complexity index is 1160. The van der Waals surface area contributed by atoms with Gasteiger partial charge < -0.3 is 9.88 Å². The van der Waals surface area contributed by atoms with Crippen LogP contribution < -0.4 is 5.32 Å². The maximum atomic E-state index is 12.5. The Balaban J connectivity index is 1.64. The van der Waals surface area contributed by atoms with Gasteiger partial charge in [0, 0.05) is 21.5 Å². The molecule has 3 aromatic rings. The van der Waals surface area contributed by atoms with E-state index in [0.29, 0.717) is 10.1 Å². The number of aromatic nitrogens is 1. The number of nitrogens with one attached hydrogen (secondary N) is 1. The standard InChI is InChI=1S/C23H20BrN3OS/c1-14-5-4-6-20(11-14)27-15(2)12-17(16(27)3)13-21-22(28)26-23(29-21)25-19-9-7-18(24)8-10-19/h4-13H,1-3H3,(H,25,26,28)/b21-13-. The van der Waals surface area contributed by atoms with Gasteiger partial charge in [-0.1, -0.05) is 28.1 Å². The molecule has 1 saturated heterocycles. The van der Waals surface area contributed by atoms with Crippen LogP contribution in [0.25, 0.3) is 11.8 Å². The van der Waals surface area contributed by atoms with E-state index in [2.05, 4.69) is 81.9 Å². The molecule has 0 radical (unpaired) electrons. The first-order valence-corrected chi connectivity index (χ1v) is 10.8. The zero-order chi connectivity index (χ0) is 20.5. The Hall–Kier alpha value is -2.57. The Kier molecular flexibility index (Phi) is 5.48. The summed E-state index contributed by atoms with van der Waals surface area (Å²) in [4.78, 5) is 17.6. The number of aryl methyl sites for hydroxylation is 2. The summed E-state index contributed by atoms with van der Waals surface area (Å²) in [5, 5.41) is 3.45. The molecule has 1 aromatic heterocycles. The Morgan fingerprint density at radius 1 is 1.07 bits per heavy atom. The van der Waals surface area contributed by atoms with E-state index in [1.54, 1.807) is 0 Å². The summed E-state index contributed by atoms with van der Waals surface area (Å²) in [6.45, 7) is 6.25. The van der Waals surface area contributed by atoms with Crippen LogP contribution in [0, 0.1) is 20.8 Å². The minimum atomic E-state index is -0.119. The number of amidine groups is 1. The van der Waals surface area contributed by atoms with E-state index in [0.717, 1.165) is 32.8 Å². The van der Waals surface area contributed by atoms with E-state index in [9.17, 15) is 4.79 Å². The van der Waals surface area contributed by atoms with E-state index in [1.807, 2.05) is 30.3 Å². The van der Waals surface area contributed by atoms with Crippen LogP contribution in [0.15, 0.2) is 69.0 Å². The summed E-state index contributed by atoms with van der Waals surface area (Å²) >= 11 is 4.78. The molecule has 0 spiro atoms.